The summed E-state index contributed by atoms with van der Waals surface area (Å²) in [7, 11) is 1.55. The van der Waals surface area contributed by atoms with E-state index in [1.165, 1.54) is 11.3 Å². The predicted molar refractivity (Wildman–Crippen MR) is 97.4 cm³/mol. The van der Waals surface area contributed by atoms with Crippen LogP contribution in [0, 0.1) is 0 Å². The largest absolute Gasteiger partial charge is 0.495 e. The summed E-state index contributed by atoms with van der Waals surface area (Å²) in [6.07, 6.45) is 0. The molecule has 0 bridgehead atoms. The number of hydrogen-bond donors (Lipinski definition) is 2. The number of thiazole rings is 1. The molecule has 7 heteroatoms. The zero-order valence-corrected chi connectivity index (χ0v) is 14.1. The van der Waals surface area contributed by atoms with E-state index in [9.17, 15) is 9.59 Å². The van der Waals surface area contributed by atoms with Crippen LogP contribution in [0.5, 0.6) is 5.75 Å². The fourth-order valence-corrected chi connectivity index (χ4v) is 3.47. The highest BCUT2D eigenvalue weighted by Gasteiger charge is 2.10. The highest BCUT2D eigenvalue weighted by Crippen LogP contribution is 2.24. The number of aromatic nitrogens is 1. The minimum absolute atomic E-state index is 0.00289. The zero-order valence-electron chi connectivity index (χ0n) is 13.3. The molecule has 1 aromatic heterocycles. The van der Waals surface area contributed by atoms with Crippen molar-refractivity contribution >= 4 is 39.0 Å². The van der Waals surface area contributed by atoms with E-state index < -0.39 is 0 Å². The molecule has 0 aliphatic rings. The molecule has 0 radical (unpaired) electrons. The average Bonchev–Trinajstić information content (AvgIpc) is 2.89. The van der Waals surface area contributed by atoms with Gasteiger partial charge in [0.05, 0.1) is 23.0 Å². The van der Waals surface area contributed by atoms with Crippen LogP contribution in [0.15, 0.2) is 47.3 Å². The van der Waals surface area contributed by atoms with E-state index in [4.69, 9.17) is 4.74 Å². The van der Waals surface area contributed by atoms with Gasteiger partial charge in [0, 0.05) is 12.2 Å². The number of methoxy groups -OCH3 is 1. The molecule has 24 heavy (non-hydrogen) atoms. The van der Waals surface area contributed by atoms with E-state index in [1.807, 2.05) is 25.1 Å². The van der Waals surface area contributed by atoms with Gasteiger partial charge in [-0.05, 0) is 37.3 Å². The van der Waals surface area contributed by atoms with Crippen LogP contribution in [0.4, 0.5) is 16.2 Å². The number of rotatable bonds is 4. The Hall–Kier alpha value is -2.80. The van der Waals surface area contributed by atoms with E-state index in [0.717, 1.165) is 10.2 Å². The van der Waals surface area contributed by atoms with Crippen LogP contribution >= 0.6 is 11.3 Å². The van der Waals surface area contributed by atoms with E-state index >= 15 is 0 Å². The molecule has 0 atom stereocenters. The van der Waals surface area contributed by atoms with Crippen LogP contribution in [-0.2, 0) is 6.54 Å². The van der Waals surface area contributed by atoms with Gasteiger partial charge in [0.15, 0.2) is 0 Å². The Kier molecular flexibility index (Phi) is 4.52. The minimum atomic E-state index is -0.374. The van der Waals surface area contributed by atoms with Gasteiger partial charge in [0.1, 0.15) is 5.75 Å². The van der Waals surface area contributed by atoms with Crippen molar-refractivity contribution in [1.82, 2.24) is 4.57 Å². The maximum absolute atomic E-state index is 12.2. The van der Waals surface area contributed by atoms with Crippen LogP contribution in [-0.4, -0.2) is 17.7 Å². The molecule has 3 rings (SSSR count). The smallest absolute Gasteiger partial charge is 0.323 e. The normalized spacial score (nSPS) is 10.6. The Morgan fingerprint density at radius 3 is 2.75 bits per heavy atom. The number of nitrogens with one attached hydrogen (secondary N) is 2. The molecule has 2 amide bonds. The number of benzene rings is 2. The lowest BCUT2D eigenvalue weighted by atomic mass is 10.3. The van der Waals surface area contributed by atoms with Gasteiger partial charge in [0.2, 0.25) is 0 Å². The summed E-state index contributed by atoms with van der Waals surface area (Å²) in [6, 6.07) is 12.2. The topological polar surface area (TPSA) is 72.4 Å². The number of ether oxygens (including phenoxy) is 1. The number of amides is 2. The molecule has 3 aromatic rings. The lowest BCUT2D eigenvalue weighted by Crippen LogP contribution is -2.19. The van der Waals surface area contributed by atoms with Gasteiger partial charge in [-0.15, -0.1) is 0 Å². The fraction of sp³-hybridized carbons (Fsp3) is 0.176. The third-order valence-corrected chi connectivity index (χ3v) is 4.54. The average molecular weight is 343 g/mol. The molecule has 2 N–H and O–H groups in total. The highest BCUT2D eigenvalue weighted by atomic mass is 32.1. The van der Waals surface area contributed by atoms with Crippen molar-refractivity contribution in [2.24, 2.45) is 0 Å². The zero-order chi connectivity index (χ0) is 17.1. The molecule has 1 heterocycles. The van der Waals surface area contributed by atoms with E-state index in [0.29, 0.717) is 23.7 Å². The second kappa shape index (κ2) is 6.76. The lowest BCUT2D eigenvalue weighted by Gasteiger charge is -2.11. The van der Waals surface area contributed by atoms with E-state index in [1.54, 1.807) is 35.9 Å². The molecule has 0 fully saturated rings. The van der Waals surface area contributed by atoms with Gasteiger partial charge in [0.25, 0.3) is 0 Å². The van der Waals surface area contributed by atoms with Crippen LogP contribution in [0.25, 0.3) is 10.2 Å². The standard InChI is InChI=1S/C17H17N3O3S/c1-3-20-13-9-8-11(10-15(13)24-17(20)22)18-16(21)19-12-6-4-5-7-14(12)23-2/h4-10H,3H2,1-2H3,(H2,18,19,21). The molecule has 0 spiro atoms. The molecule has 0 aliphatic heterocycles. The number of hydrogen-bond acceptors (Lipinski definition) is 4. The van der Waals surface area contributed by atoms with Crippen molar-refractivity contribution in [2.45, 2.75) is 13.5 Å². The van der Waals surface area contributed by atoms with Gasteiger partial charge in [-0.1, -0.05) is 23.5 Å². The third kappa shape index (κ3) is 3.11. The maximum Gasteiger partial charge on any atom is 0.323 e. The Morgan fingerprint density at radius 2 is 2.00 bits per heavy atom. The van der Waals surface area contributed by atoms with Crippen molar-refractivity contribution in [2.75, 3.05) is 17.7 Å². The third-order valence-electron chi connectivity index (χ3n) is 3.60. The number of anilines is 2. The number of para-hydroxylation sites is 2. The first-order chi connectivity index (χ1) is 11.6. The first-order valence-corrected chi connectivity index (χ1v) is 8.28. The molecule has 2 aromatic carbocycles. The van der Waals surface area contributed by atoms with Gasteiger partial charge in [-0.3, -0.25) is 9.36 Å². The highest BCUT2D eigenvalue weighted by molar-refractivity contribution is 7.16. The van der Waals surface area contributed by atoms with Crippen molar-refractivity contribution in [3.05, 3.63) is 52.1 Å². The Bertz CT molecular complexity index is 946. The number of carbonyl (C=O) groups excluding carboxylic acids is 1. The Morgan fingerprint density at radius 1 is 1.21 bits per heavy atom. The molecule has 124 valence electrons. The monoisotopic (exact) mass is 343 g/mol. The Balaban J connectivity index is 1.79. The van der Waals surface area contributed by atoms with Crippen LogP contribution in [0.2, 0.25) is 0 Å². The molecule has 0 aliphatic carbocycles. The number of nitrogens with zero attached hydrogens (tertiary/aromatic N) is 1. The molecular weight excluding hydrogens is 326 g/mol. The SMILES string of the molecule is CCn1c(=O)sc2cc(NC(=O)Nc3ccccc3OC)ccc21. The summed E-state index contributed by atoms with van der Waals surface area (Å²) in [5.41, 5.74) is 2.09. The van der Waals surface area contributed by atoms with Gasteiger partial charge in [-0.2, -0.15) is 0 Å². The summed E-state index contributed by atoms with van der Waals surface area (Å²) in [4.78, 5) is 24.1. The maximum atomic E-state index is 12.2. The van der Waals surface area contributed by atoms with Gasteiger partial charge < -0.3 is 15.4 Å². The molecular formula is C17H17N3O3S. The predicted octanol–water partition coefficient (Wildman–Crippen LogP) is 3.74. The molecule has 0 saturated heterocycles. The van der Waals surface area contributed by atoms with Gasteiger partial charge >= 0.3 is 10.9 Å². The first-order valence-electron chi connectivity index (χ1n) is 7.46. The van der Waals surface area contributed by atoms with E-state index in [-0.39, 0.29) is 10.9 Å². The second-order valence-corrected chi connectivity index (χ2v) is 6.07. The van der Waals surface area contributed by atoms with Crippen molar-refractivity contribution in [3.8, 4) is 5.75 Å². The van der Waals surface area contributed by atoms with Crippen LogP contribution in [0.1, 0.15) is 6.92 Å². The number of carbonyl (C=O) groups is 1. The number of fused-ring (bicyclic) bond motifs is 1. The molecule has 0 unspecified atom stereocenters. The molecule has 0 saturated carbocycles. The van der Waals surface area contributed by atoms with Crippen molar-refractivity contribution in [3.63, 3.8) is 0 Å². The first kappa shape index (κ1) is 16.1. The summed E-state index contributed by atoms with van der Waals surface area (Å²) < 4.78 is 7.76. The summed E-state index contributed by atoms with van der Waals surface area (Å²) in [6.45, 7) is 2.56. The second-order valence-electron chi connectivity index (χ2n) is 5.07. The fourth-order valence-electron chi connectivity index (χ4n) is 2.48. The summed E-state index contributed by atoms with van der Waals surface area (Å²) in [5, 5.41) is 5.52. The van der Waals surface area contributed by atoms with E-state index in [2.05, 4.69) is 10.6 Å². The summed E-state index contributed by atoms with van der Waals surface area (Å²) >= 11 is 1.17. The van der Waals surface area contributed by atoms with Crippen molar-refractivity contribution < 1.29 is 9.53 Å². The van der Waals surface area contributed by atoms with Crippen LogP contribution < -0.4 is 20.2 Å². The van der Waals surface area contributed by atoms with Crippen LogP contribution in [0.3, 0.4) is 0 Å². The lowest BCUT2D eigenvalue weighted by molar-refractivity contribution is 0.262. The van der Waals surface area contributed by atoms with Crippen molar-refractivity contribution in [1.29, 1.82) is 0 Å². The minimum Gasteiger partial charge on any atom is -0.495 e. The Labute approximate surface area is 142 Å². The number of urea groups is 1. The summed E-state index contributed by atoms with van der Waals surface area (Å²) in [5.74, 6) is 0.585. The quantitative estimate of drug-likeness (QED) is 0.758. The van der Waals surface area contributed by atoms with Gasteiger partial charge in [-0.25, -0.2) is 4.79 Å². The molecule has 6 nitrogen and oxygen atoms in total. The number of aryl methyl sites for hydroxylation is 1.